The maximum Gasteiger partial charge on any atom is 0.435 e. The third-order valence-electron chi connectivity index (χ3n) is 3.81. The summed E-state index contributed by atoms with van der Waals surface area (Å²) in [7, 11) is 0. The fourth-order valence-electron chi connectivity index (χ4n) is 2.60. The van der Waals surface area contributed by atoms with Gasteiger partial charge in [0.1, 0.15) is 6.54 Å². The zero-order valence-electron chi connectivity index (χ0n) is 13.6. The van der Waals surface area contributed by atoms with Gasteiger partial charge in [0.2, 0.25) is 5.91 Å². The Morgan fingerprint density at radius 3 is 1.96 bits per heavy atom. The molecule has 3 rings (SSSR count). The Labute approximate surface area is 148 Å². The third-order valence-corrected chi connectivity index (χ3v) is 3.81. The zero-order valence-corrected chi connectivity index (χ0v) is 13.6. The average Bonchev–Trinajstić information content (AvgIpc) is 3.10. The molecular formula is C19H16F3N3O. The van der Waals surface area contributed by atoms with E-state index in [1.165, 1.54) is 0 Å². The summed E-state index contributed by atoms with van der Waals surface area (Å²) in [5.74, 6) is -0.431. The maximum atomic E-state index is 12.6. The molecule has 0 atom stereocenters. The fourth-order valence-corrected chi connectivity index (χ4v) is 2.60. The van der Waals surface area contributed by atoms with Crippen LogP contribution in [0.3, 0.4) is 0 Å². The molecule has 1 amide bonds. The van der Waals surface area contributed by atoms with Gasteiger partial charge in [0.15, 0.2) is 5.69 Å². The van der Waals surface area contributed by atoms with Crippen molar-refractivity contribution in [1.29, 1.82) is 0 Å². The number of benzene rings is 2. The van der Waals surface area contributed by atoms with Crippen LogP contribution < -0.4 is 5.32 Å². The molecule has 0 saturated carbocycles. The number of hydrogen-bond acceptors (Lipinski definition) is 2. The molecule has 26 heavy (non-hydrogen) atoms. The van der Waals surface area contributed by atoms with Gasteiger partial charge in [-0.2, -0.15) is 18.3 Å². The zero-order chi connectivity index (χ0) is 18.6. The van der Waals surface area contributed by atoms with Crippen molar-refractivity contribution in [2.24, 2.45) is 0 Å². The quantitative estimate of drug-likeness (QED) is 0.753. The molecule has 1 aromatic heterocycles. The van der Waals surface area contributed by atoms with Crippen LogP contribution in [0.5, 0.6) is 0 Å². The van der Waals surface area contributed by atoms with Gasteiger partial charge in [-0.25, -0.2) is 0 Å². The number of rotatable bonds is 5. The van der Waals surface area contributed by atoms with Gasteiger partial charge in [0, 0.05) is 6.20 Å². The van der Waals surface area contributed by atoms with Gasteiger partial charge in [-0.3, -0.25) is 9.48 Å². The Morgan fingerprint density at radius 1 is 0.962 bits per heavy atom. The summed E-state index contributed by atoms with van der Waals surface area (Å²) in [6, 6.07) is 19.2. The topological polar surface area (TPSA) is 46.9 Å². The van der Waals surface area contributed by atoms with Crippen LogP contribution >= 0.6 is 0 Å². The summed E-state index contributed by atoms with van der Waals surface area (Å²) in [5.41, 5.74) is 0.736. The molecule has 134 valence electrons. The van der Waals surface area contributed by atoms with Crippen LogP contribution in [0.4, 0.5) is 13.2 Å². The van der Waals surface area contributed by atoms with Crippen molar-refractivity contribution < 1.29 is 18.0 Å². The van der Waals surface area contributed by atoms with Gasteiger partial charge in [-0.05, 0) is 17.2 Å². The van der Waals surface area contributed by atoms with Crippen LogP contribution in [-0.4, -0.2) is 15.7 Å². The van der Waals surface area contributed by atoms with E-state index in [4.69, 9.17) is 0 Å². The molecule has 0 aliphatic rings. The summed E-state index contributed by atoms with van der Waals surface area (Å²) in [4.78, 5) is 12.4. The number of amides is 1. The summed E-state index contributed by atoms with van der Waals surface area (Å²) in [6.07, 6.45) is -3.39. The highest BCUT2D eigenvalue weighted by Crippen LogP contribution is 2.27. The van der Waals surface area contributed by atoms with Crippen molar-refractivity contribution in [2.45, 2.75) is 18.8 Å². The average molecular weight is 359 g/mol. The maximum absolute atomic E-state index is 12.6. The molecule has 0 unspecified atom stereocenters. The van der Waals surface area contributed by atoms with E-state index in [9.17, 15) is 18.0 Å². The summed E-state index contributed by atoms with van der Waals surface area (Å²) >= 11 is 0. The van der Waals surface area contributed by atoms with Crippen LogP contribution in [0, 0.1) is 0 Å². The number of halogens is 3. The van der Waals surface area contributed by atoms with E-state index >= 15 is 0 Å². The standard InChI is InChI=1S/C19H16F3N3O/c20-19(21,22)16-11-12-25(24-16)13-17(26)23-18(14-7-3-1-4-8-14)15-9-5-2-6-10-15/h1-12,18H,13H2,(H,23,26). The van der Waals surface area contributed by atoms with Crippen molar-refractivity contribution in [3.63, 3.8) is 0 Å². The lowest BCUT2D eigenvalue weighted by atomic mass is 9.99. The monoisotopic (exact) mass is 359 g/mol. The lowest BCUT2D eigenvalue weighted by molar-refractivity contribution is -0.141. The molecule has 4 nitrogen and oxygen atoms in total. The van der Waals surface area contributed by atoms with E-state index < -0.39 is 23.8 Å². The highest BCUT2D eigenvalue weighted by atomic mass is 19.4. The van der Waals surface area contributed by atoms with E-state index in [2.05, 4.69) is 10.4 Å². The van der Waals surface area contributed by atoms with Crippen molar-refractivity contribution in [1.82, 2.24) is 15.1 Å². The highest BCUT2D eigenvalue weighted by molar-refractivity contribution is 5.76. The van der Waals surface area contributed by atoms with Gasteiger partial charge in [-0.1, -0.05) is 60.7 Å². The molecule has 0 radical (unpaired) electrons. The van der Waals surface area contributed by atoms with E-state index in [1.807, 2.05) is 60.7 Å². The predicted octanol–water partition coefficient (Wildman–Crippen LogP) is 3.81. The lowest BCUT2D eigenvalue weighted by Crippen LogP contribution is -2.32. The summed E-state index contributed by atoms with van der Waals surface area (Å²) in [6.45, 7) is -0.299. The minimum absolute atomic E-state index is 0.299. The number of nitrogens with zero attached hydrogens (tertiary/aromatic N) is 2. The first-order valence-electron chi connectivity index (χ1n) is 7.93. The number of hydrogen-bond donors (Lipinski definition) is 1. The van der Waals surface area contributed by atoms with Crippen LogP contribution in [-0.2, 0) is 17.5 Å². The van der Waals surface area contributed by atoms with Crippen LogP contribution in [0.2, 0.25) is 0 Å². The lowest BCUT2D eigenvalue weighted by Gasteiger charge is -2.20. The van der Waals surface area contributed by atoms with E-state index in [0.717, 1.165) is 28.1 Å². The molecule has 0 aliphatic heterocycles. The first kappa shape index (κ1) is 17.7. The molecule has 2 aromatic carbocycles. The van der Waals surface area contributed by atoms with Crippen LogP contribution in [0.1, 0.15) is 22.9 Å². The molecule has 0 spiro atoms. The molecule has 1 heterocycles. The van der Waals surface area contributed by atoms with Crippen molar-refractivity contribution in [2.75, 3.05) is 0 Å². The molecule has 0 aliphatic carbocycles. The second-order valence-electron chi connectivity index (χ2n) is 5.72. The molecular weight excluding hydrogens is 343 g/mol. The second kappa shape index (κ2) is 7.43. The number of nitrogens with one attached hydrogen (secondary N) is 1. The third kappa shape index (κ3) is 4.30. The molecule has 1 N–H and O–H groups in total. The minimum atomic E-state index is -4.53. The van der Waals surface area contributed by atoms with Gasteiger partial charge in [0.25, 0.3) is 0 Å². The molecule has 0 fully saturated rings. The van der Waals surface area contributed by atoms with E-state index in [1.54, 1.807) is 0 Å². The second-order valence-corrected chi connectivity index (χ2v) is 5.72. The Balaban J connectivity index is 1.77. The Hall–Kier alpha value is -3.09. The largest absolute Gasteiger partial charge is 0.435 e. The summed E-state index contributed by atoms with van der Waals surface area (Å²) in [5, 5.41) is 6.27. The van der Waals surface area contributed by atoms with Gasteiger partial charge < -0.3 is 5.32 Å². The molecule has 0 bridgehead atoms. The highest BCUT2D eigenvalue weighted by Gasteiger charge is 2.33. The number of aromatic nitrogens is 2. The van der Waals surface area contributed by atoms with Crippen molar-refractivity contribution >= 4 is 5.91 Å². The number of alkyl halides is 3. The Kier molecular flexibility index (Phi) is 5.06. The van der Waals surface area contributed by atoms with Gasteiger partial charge >= 0.3 is 6.18 Å². The first-order valence-corrected chi connectivity index (χ1v) is 7.93. The van der Waals surface area contributed by atoms with E-state index in [0.29, 0.717) is 0 Å². The van der Waals surface area contributed by atoms with Gasteiger partial charge in [-0.15, -0.1) is 0 Å². The SMILES string of the molecule is O=C(Cn1ccc(C(F)(F)F)n1)NC(c1ccccc1)c1ccccc1. The summed E-state index contributed by atoms with van der Waals surface area (Å²) < 4.78 is 38.8. The smallest absolute Gasteiger partial charge is 0.344 e. The van der Waals surface area contributed by atoms with E-state index in [-0.39, 0.29) is 6.54 Å². The Bertz CT molecular complexity index is 821. The van der Waals surface area contributed by atoms with Crippen molar-refractivity contribution in [3.8, 4) is 0 Å². The fraction of sp³-hybridized carbons (Fsp3) is 0.158. The molecule has 0 saturated heterocycles. The van der Waals surface area contributed by atoms with Crippen LogP contribution in [0.15, 0.2) is 72.9 Å². The van der Waals surface area contributed by atoms with Crippen LogP contribution in [0.25, 0.3) is 0 Å². The Morgan fingerprint density at radius 2 is 1.50 bits per heavy atom. The molecule has 7 heteroatoms. The number of carbonyl (C=O) groups excluding carboxylic acids is 1. The molecule has 3 aromatic rings. The van der Waals surface area contributed by atoms with Gasteiger partial charge in [0.05, 0.1) is 6.04 Å². The first-order chi connectivity index (χ1) is 12.4. The minimum Gasteiger partial charge on any atom is -0.344 e. The predicted molar refractivity (Wildman–Crippen MR) is 90.1 cm³/mol. The number of carbonyl (C=O) groups is 1. The normalized spacial score (nSPS) is 11.5. The van der Waals surface area contributed by atoms with Crippen molar-refractivity contribution in [3.05, 3.63) is 89.7 Å².